The van der Waals surface area contributed by atoms with Gasteiger partial charge in [0.15, 0.2) is 9.84 Å². The molecule has 3 rings (SSSR count). The number of nitrogens with zero attached hydrogens (tertiary/aromatic N) is 2. The van der Waals surface area contributed by atoms with Crippen molar-refractivity contribution in [3.8, 4) is 5.75 Å². The maximum Gasteiger partial charge on any atom is 0.153 e. The van der Waals surface area contributed by atoms with Crippen molar-refractivity contribution >= 4 is 15.5 Å². The molecule has 1 aliphatic heterocycles. The van der Waals surface area contributed by atoms with E-state index in [0.29, 0.717) is 5.75 Å². The minimum Gasteiger partial charge on any atom is -0.489 e. The van der Waals surface area contributed by atoms with Crippen LogP contribution in [0.5, 0.6) is 5.75 Å². The van der Waals surface area contributed by atoms with Gasteiger partial charge in [-0.15, -0.1) is 0 Å². The van der Waals surface area contributed by atoms with Crippen molar-refractivity contribution in [1.29, 1.82) is 0 Å². The standard InChI is InChI=1S/C23H37FN2O3S/c24-13-19-29-23-12-6-5-11-22(23)26-17-15-25(16-18-26)14-7-2-8-20-30(27,28)21-9-3-1-4-10-21/h5-6,11-12,21H,1-4,7-10,13-20H2. The van der Waals surface area contributed by atoms with Gasteiger partial charge in [0.1, 0.15) is 19.0 Å². The number of sulfone groups is 1. The monoisotopic (exact) mass is 440 g/mol. The Bertz CT molecular complexity index is 730. The lowest BCUT2D eigenvalue weighted by molar-refractivity contribution is 0.249. The van der Waals surface area contributed by atoms with Crippen LogP contribution in [0.25, 0.3) is 0 Å². The van der Waals surface area contributed by atoms with E-state index in [9.17, 15) is 12.8 Å². The predicted octanol–water partition coefficient (Wildman–Crippen LogP) is 4.07. The van der Waals surface area contributed by atoms with Gasteiger partial charge in [-0.2, -0.15) is 0 Å². The summed E-state index contributed by atoms with van der Waals surface area (Å²) in [4.78, 5) is 4.76. The summed E-state index contributed by atoms with van der Waals surface area (Å²) in [5, 5.41) is -0.0731. The SMILES string of the molecule is O=S(=O)(CCCCCN1CCN(c2ccccc2OCCF)CC1)C1CCCCC1. The number of hydrogen-bond acceptors (Lipinski definition) is 5. The van der Waals surface area contributed by atoms with Gasteiger partial charge in [0.05, 0.1) is 16.7 Å². The molecule has 1 saturated heterocycles. The van der Waals surface area contributed by atoms with E-state index in [0.717, 1.165) is 89.1 Å². The minimum absolute atomic E-state index is 0.0731. The summed E-state index contributed by atoms with van der Waals surface area (Å²) in [6, 6.07) is 7.85. The fraction of sp³-hybridized carbons (Fsp3) is 0.739. The van der Waals surface area contributed by atoms with Gasteiger partial charge >= 0.3 is 0 Å². The average molecular weight is 441 g/mol. The molecule has 0 radical (unpaired) electrons. The lowest BCUT2D eigenvalue weighted by Crippen LogP contribution is -2.46. The van der Waals surface area contributed by atoms with Crippen molar-refractivity contribution in [1.82, 2.24) is 4.90 Å². The summed E-state index contributed by atoms with van der Waals surface area (Å²) >= 11 is 0. The summed E-state index contributed by atoms with van der Waals surface area (Å²) in [6.07, 6.45) is 7.89. The van der Waals surface area contributed by atoms with Crippen molar-refractivity contribution in [2.24, 2.45) is 0 Å². The molecule has 1 saturated carbocycles. The molecular weight excluding hydrogens is 403 g/mol. The second kappa shape index (κ2) is 11.9. The van der Waals surface area contributed by atoms with E-state index in [1.54, 1.807) is 0 Å². The second-order valence-corrected chi connectivity index (χ2v) is 10.9. The van der Waals surface area contributed by atoms with Crippen LogP contribution in [0.3, 0.4) is 0 Å². The fourth-order valence-corrected chi connectivity index (χ4v) is 6.60. The highest BCUT2D eigenvalue weighted by Crippen LogP contribution is 2.29. The van der Waals surface area contributed by atoms with Crippen LogP contribution in [-0.2, 0) is 9.84 Å². The third-order valence-electron chi connectivity index (χ3n) is 6.38. The molecule has 2 aliphatic rings. The highest BCUT2D eigenvalue weighted by atomic mass is 32.2. The van der Waals surface area contributed by atoms with Crippen LogP contribution in [0, 0.1) is 0 Å². The molecule has 0 N–H and O–H groups in total. The molecule has 0 aromatic heterocycles. The first-order chi connectivity index (χ1) is 14.6. The molecular formula is C23H37FN2O3S. The normalized spacial score (nSPS) is 19.2. The van der Waals surface area contributed by atoms with Crippen molar-refractivity contribution in [2.75, 3.05) is 56.7 Å². The summed E-state index contributed by atoms with van der Waals surface area (Å²) in [5.74, 6) is 1.11. The summed E-state index contributed by atoms with van der Waals surface area (Å²) in [7, 11) is -2.89. The van der Waals surface area contributed by atoms with Crippen LogP contribution in [0.4, 0.5) is 10.1 Å². The Hall–Kier alpha value is -1.34. The molecule has 0 bridgehead atoms. The average Bonchev–Trinajstić information content (AvgIpc) is 2.79. The van der Waals surface area contributed by atoms with Crippen LogP contribution in [0.2, 0.25) is 0 Å². The van der Waals surface area contributed by atoms with Crippen molar-refractivity contribution in [2.45, 2.75) is 56.6 Å². The van der Waals surface area contributed by atoms with Gasteiger partial charge in [0.2, 0.25) is 0 Å². The van der Waals surface area contributed by atoms with Crippen molar-refractivity contribution < 1.29 is 17.5 Å². The Kier molecular flexibility index (Phi) is 9.25. The molecule has 0 amide bonds. The molecule has 1 aromatic carbocycles. The quantitative estimate of drug-likeness (QED) is 0.486. The summed E-state index contributed by atoms with van der Waals surface area (Å²) in [6.45, 7) is 4.45. The van der Waals surface area contributed by atoms with E-state index >= 15 is 0 Å². The smallest absolute Gasteiger partial charge is 0.153 e. The number of benzene rings is 1. The maximum atomic E-state index is 12.5. The number of anilines is 1. The number of alkyl halides is 1. The van der Waals surface area contributed by atoms with Gasteiger partial charge < -0.3 is 9.64 Å². The van der Waals surface area contributed by atoms with E-state index in [1.165, 1.54) is 6.42 Å². The second-order valence-electron chi connectivity index (χ2n) is 8.52. The number of hydrogen-bond donors (Lipinski definition) is 0. The first kappa shape index (κ1) is 23.3. The first-order valence-corrected chi connectivity index (χ1v) is 13.3. The highest BCUT2D eigenvalue weighted by Gasteiger charge is 2.26. The van der Waals surface area contributed by atoms with Gasteiger partial charge in [0, 0.05) is 26.2 Å². The van der Waals surface area contributed by atoms with Crippen molar-refractivity contribution in [3.63, 3.8) is 0 Å². The Morgan fingerprint density at radius 3 is 2.43 bits per heavy atom. The van der Waals surface area contributed by atoms with Gasteiger partial charge in [-0.1, -0.05) is 37.8 Å². The van der Waals surface area contributed by atoms with Gasteiger partial charge in [-0.3, -0.25) is 4.90 Å². The van der Waals surface area contributed by atoms with Crippen LogP contribution in [0.1, 0.15) is 51.4 Å². The Labute approximate surface area is 181 Å². The molecule has 1 aliphatic carbocycles. The zero-order valence-electron chi connectivity index (χ0n) is 18.1. The van der Waals surface area contributed by atoms with Crippen LogP contribution in [0.15, 0.2) is 24.3 Å². The van der Waals surface area contributed by atoms with Gasteiger partial charge in [0.25, 0.3) is 0 Å². The van der Waals surface area contributed by atoms with Gasteiger partial charge in [-0.05, 0) is 44.4 Å². The third-order valence-corrected chi connectivity index (χ3v) is 8.72. The molecule has 0 spiro atoms. The predicted molar refractivity (Wildman–Crippen MR) is 121 cm³/mol. The van der Waals surface area contributed by atoms with Crippen LogP contribution >= 0.6 is 0 Å². The van der Waals surface area contributed by atoms with E-state index in [2.05, 4.69) is 9.80 Å². The van der Waals surface area contributed by atoms with E-state index in [1.807, 2.05) is 24.3 Å². The van der Waals surface area contributed by atoms with E-state index < -0.39 is 16.5 Å². The van der Waals surface area contributed by atoms with Crippen molar-refractivity contribution in [3.05, 3.63) is 24.3 Å². The molecule has 7 heteroatoms. The Morgan fingerprint density at radius 1 is 0.967 bits per heavy atom. The molecule has 1 heterocycles. The number of unbranched alkanes of at least 4 members (excludes halogenated alkanes) is 2. The molecule has 0 atom stereocenters. The lowest BCUT2D eigenvalue weighted by atomic mass is 10.0. The molecule has 0 unspecified atom stereocenters. The van der Waals surface area contributed by atoms with Gasteiger partial charge in [-0.25, -0.2) is 12.8 Å². The van der Waals surface area contributed by atoms with Crippen LogP contribution < -0.4 is 9.64 Å². The van der Waals surface area contributed by atoms with Crippen LogP contribution in [-0.4, -0.2) is 70.3 Å². The van der Waals surface area contributed by atoms with E-state index in [4.69, 9.17) is 4.74 Å². The molecule has 30 heavy (non-hydrogen) atoms. The lowest BCUT2D eigenvalue weighted by Gasteiger charge is -2.36. The zero-order chi connectivity index (χ0) is 21.2. The largest absolute Gasteiger partial charge is 0.489 e. The topological polar surface area (TPSA) is 49.9 Å². The zero-order valence-corrected chi connectivity index (χ0v) is 18.9. The number of piperazine rings is 1. The summed E-state index contributed by atoms with van der Waals surface area (Å²) in [5.41, 5.74) is 1.04. The molecule has 1 aromatic rings. The minimum atomic E-state index is -2.89. The third kappa shape index (κ3) is 6.84. The Balaban J connectivity index is 1.34. The van der Waals surface area contributed by atoms with E-state index in [-0.39, 0.29) is 11.9 Å². The molecule has 2 fully saturated rings. The highest BCUT2D eigenvalue weighted by molar-refractivity contribution is 7.92. The fourth-order valence-electron chi connectivity index (χ4n) is 4.61. The molecule has 170 valence electrons. The number of para-hydroxylation sites is 2. The number of ether oxygens (including phenoxy) is 1. The first-order valence-electron chi connectivity index (χ1n) is 11.6. The number of rotatable bonds is 11. The Morgan fingerprint density at radius 2 is 1.70 bits per heavy atom. The summed E-state index contributed by atoms with van der Waals surface area (Å²) < 4.78 is 42.9. The number of halogens is 1. The maximum absolute atomic E-state index is 12.5. The molecule has 5 nitrogen and oxygen atoms in total.